The lowest BCUT2D eigenvalue weighted by atomic mass is 10.4. The van der Waals surface area contributed by atoms with Crippen LogP contribution in [0.4, 0.5) is 11.6 Å². The number of rotatable bonds is 5. The Morgan fingerprint density at radius 1 is 1.39 bits per heavy atom. The van der Waals surface area contributed by atoms with Gasteiger partial charge in [-0.2, -0.15) is 0 Å². The summed E-state index contributed by atoms with van der Waals surface area (Å²) in [4.78, 5) is 23.1. The van der Waals surface area contributed by atoms with E-state index in [0.29, 0.717) is 17.4 Å². The highest BCUT2D eigenvalue weighted by molar-refractivity contribution is 5.81. The fraction of sp³-hybridized carbons (Fsp3) is 0.545. The number of aromatic nitrogens is 2. The molecule has 7 nitrogen and oxygen atoms in total. The van der Waals surface area contributed by atoms with Crippen LogP contribution in [0.5, 0.6) is 5.75 Å². The second kappa shape index (κ2) is 6.04. The molecule has 1 amide bonds. The smallest absolute Gasteiger partial charge is 0.241 e. The van der Waals surface area contributed by atoms with E-state index in [-0.39, 0.29) is 12.5 Å². The molecule has 0 radical (unpaired) electrons. The molecule has 0 fully saturated rings. The number of carbonyl (C=O) groups excluding carboxylic acids is 1. The van der Waals surface area contributed by atoms with Gasteiger partial charge in [0.15, 0.2) is 11.6 Å². The summed E-state index contributed by atoms with van der Waals surface area (Å²) in [7, 11) is 8.51. The Morgan fingerprint density at radius 3 is 2.56 bits per heavy atom. The molecule has 18 heavy (non-hydrogen) atoms. The predicted molar refractivity (Wildman–Crippen MR) is 70.1 cm³/mol. The zero-order valence-corrected chi connectivity index (χ0v) is 11.4. The minimum Gasteiger partial charge on any atom is -0.490 e. The highest BCUT2D eigenvalue weighted by Gasteiger charge is 2.17. The number of hydrogen-bond acceptors (Lipinski definition) is 6. The Bertz CT molecular complexity index is 422. The molecule has 0 saturated carbocycles. The third-order valence-corrected chi connectivity index (χ3v) is 2.46. The Hall–Kier alpha value is -2.05. The van der Waals surface area contributed by atoms with Gasteiger partial charge in [-0.3, -0.25) is 4.79 Å². The summed E-state index contributed by atoms with van der Waals surface area (Å²) >= 11 is 0. The van der Waals surface area contributed by atoms with E-state index in [9.17, 15) is 4.79 Å². The molecule has 0 atom stereocenters. The molecule has 1 aromatic heterocycles. The van der Waals surface area contributed by atoms with Crippen LogP contribution in [0.1, 0.15) is 0 Å². The lowest BCUT2D eigenvalue weighted by molar-refractivity contribution is -0.127. The van der Waals surface area contributed by atoms with E-state index in [1.54, 1.807) is 40.2 Å². The highest BCUT2D eigenvalue weighted by atomic mass is 16.5. The number of amides is 1. The minimum atomic E-state index is -0.0100. The summed E-state index contributed by atoms with van der Waals surface area (Å²) in [6.45, 7) is 0.226. The van der Waals surface area contributed by atoms with Crippen LogP contribution in [-0.4, -0.2) is 62.6 Å². The van der Waals surface area contributed by atoms with E-state index in [4.69, 9.17) is 4.74 Å². The van der Waals surface area contributed by atoms with Crippen LogP contribution in [0.2, 0.25) is 0 Å². The lowest BCUT2D eigenvalue weighted by Crippen LogP contribution is -2.35. The molecule has 0 bridgehead atoms. The van der Waals surface area contributed by atoms with Crippen LogP contribution in [-0.2, 0) is 4.79 Å². The Labute approximate surface area is 107 Å². The van der Waals surface area contributed by atoms with Gasteiger partial charge >= 0.3 is 0 Å². The van der Waals surface area contributed by atoms with E-state index in [0.717, 1.165) is 0 Å². The molecule has 0 spiro atoms. The van der Waals surface area contributed by atoms with Crippen molar-refractivity contribution < 1.29 is 9.53 Å². The molecule has 100 valence electrons. The van der Waals surface area contributed by atoms with Crippen LogP contribution >= 0.6 is 0 Å². The van der Waals surface area contributed by atoms with Gasteiger partial charge in [0.25, 0.3) is 0 Å². The van der Waals surface area contributed by atoms with Crippen molar-refractivity contribution in [3.8, 4) is 5.75 Å². The standard InChI is InChI=1S/C11H19N5O2/c1-12-10-9(18-5)11(14-7-13-10)16(4)6-8(17)15(2)3/h7H,6H2,1-5H3,(H,12,13,14). The zero-order valence-electron chi connectivity index (χ0n) is 11.4. The van der Waals surface area contributed by atoms with Crippen molar-refractivity contribution in [2.75, 3.05) is 52.1 Å². The monoisotopic (exact) mass is 253 g/mol. The largest absolute Gasteiger partial charge is 0.490 e. The van der Waals surface area contributed by atoms with Gasteiger partial charge in [-0.1, -0.05) is 0 Å². The average molecular weight is 253 g/mol. The van der Waals surface area contributed by atoms with Gasteiger partial charge in [0.2, 0.25) is 11.7 Å². The van der Waals surface area contributed by atoms with E-state index in [1.807, 2.05) is 0 Å². The van der Waals surface area contributed by atoms with Crippen LogP contribution in [0, 0.1) is 0 Å². The van der Waals surface area contributed by atoms with Crippen molar-refractivity contribution in [2.24, 2.45) is 0 Å². The zero-order chi connectivity index (χ0) is 13.7. The van der Waals surface area contributed by atoms with Crippen LogP contribution in [0.3, 0.4) is 0 Å². The van der Waals surface area contributed by atoms with Crippen molar-refractivity contribution in [3.05, 3.63) is 6.33 Å². The molecule has 0 unspecified atom stereocenters. The fourth-order valence-corrected chi connectivity index (χ4v) is 1.42. The molecule has 7 heteroatoms. The van der Waals surface area contributed by atoms with Crippen LogP contribution in [0.25, 0.3) is 0 Å². The van der Waals surface area contributed by atoms with Crippen molar-refractivity contribution in [1.29, 1.82) is 0 Å². The molecule has 1 rings (SSSR count). The summed E-state index contributed by atoms with van der Waals surface area (Å²) in [5, 5.41) is 2.92. The number of hydrogen-bond donors (Lipinski definition) is 1. The summed E-state index contributed by atoms with van der Waals surface area (Å²) in [5.41, 5.74) is 0. The van der Waals surface area contributed by atoms with Crippen molar-refractivity contribution >= 4 is 17.5 Å². The fourth-order valence-electron chi connectivity index (χ4n) is 1.42. The second-order valence-corrected chi connectivity index (χ2v) is 3.97. The maximum Gasteiger partial charge on any atom is 0.241 e. The SMILES string of the molecule is CNc1ncnc(N(C)CC(=O)N(C)C)c1OC. The molecular weight excluding hydrogens is 234 g/mol. The maximum atomic E-state index is 11.7. The topological polar surface area (TPSA) is 70.6 Å². The first-order valence-corrected chi connectivity index (χ1v) is 5.49. The van der Waals surface area contributed by atoms with E-state index >= 15 is 0 Å². The summed E-state index contributed by atoms with van der Waals surface area (Å²) in [6.07, 6.45) is 1.43. The number of likely N-dealkylation sites (N-methyl/N-ethyl adjacent to an activating group) is 2. The molecule has 1 N–H and O–H groups in total. The molecule has 1 heterocycles. The molecule has 0 aromatic carbocycles. The number of ether oxygens (including phenoxy) is 1. The van der Waals surface area contributed by atoms with Gasteiger partial charge in [0.1, 0.15) is 6.33 Å². The normalized spacial score (nSPS) is 9.83. The van der Waals surface area contributed by atoms with E-state index in [2.05, 4.69) is 15.3 Å². The third kappa shape index (κ3) is 2.99. The summed E-state index contributed by atoms with van der Waals surface area (Å²) in [6, 6.07) is 0. The lowest BCUT2D eigenvalue weighted by Gasteiger charge is -2.22. The molecule has 0 aliphatic rings. The first-order chi connectivity index (χ1) is 8.51. The Kier molecular flexibility index (Phi) is 4.70. The first kappa shape index (κ1) is 14.0. The van der Waals surface area contributed by atoms with Gasteiger partial charge in [-0.05, 0) is 0 Å². The molecule has 1 aromatic rings. The predicted octanol–water partition coefficient (Wildman–Crippen LogP) is 0.0513. The van der Waals surface area contributed by atoms with Crippen molar-refractivity contribution in [1.82, 2.24) is 14.9 Å². The van der Waals surface area contributed by atoms with Gasteiger partial charge in [0, 0.05) is 28.2 Å². The number of anilines is 2. The van der Waals surface area contributed by atoms with E-state index < -0.39 is 0 Å². The summed E-state index contributed by atoms with van der Waals surface area (Å²) < 4.78 is 5.28. The highest BCUT2D eigenvalue weighted by Crippen LogP contribution is 2.30. The van der Waals surface area contributed by atoms with Gasteiger partial charge in [0.05, 0.1) is 13.7 Å². The van der Waals surface area contributed by atoms with Crippen LogP contribution in [0.15, 0.2) is 6.33 Å². The van der Waals surface area contributed by atoms with Crippen molar-refractivity contribution in [3.63, 3.8) is 0 Å². The number of nitrogens with one attached hydrogen (secondary N) is 1. The van der Waals surface area contributed by atoms with Gasteiger partial charge in [-0.15, -0.1) is 0 Å². The van der Waals surface area contributed by atoms with Gasteiger partial charge in [-0.25, -0.2) is 9.97 Å². The number of nitrogens with zero attached hydrogens (tertiary/aromatic N) is 4. The summed E-state index contributed by atoms with van der Waals surface area (Å²) in [5.74, 6) is 1.68. The number of carbonyl (C=O) groups is 1. The second-order valence-electron chi connectivity index (χ2n) is 3.97. The Balaban J connectivity index is 2.98. The molecular formula is C11H19N5O2. The first-order valence-electron chi connectivity index (χ1n) is 5.49. The minimum absolute atomic E-state index is 0.0100. The van der Waals surface area contributed by atoms with Crippen molar-refractivity contribution in [2.45, 2.75) is 0 Å². The van der Waals surface area contributed by atoms with Gasteiger partial charge < -0.3 is 19.9 Å². The van der Waals surface area contributed by atoms with E-state index in [1.165, 1.54) is 11.2 Å². The maximum absolute atomic E-state index is 11.7. The quantitative estimate of drug-likeness (QED) is 0.799. The molecule has 0 aliphatic carbocycles. The number of methoxy groups -OCH3 is 1. The molecule has 0 saturated heterocycles. The average Bonchev–Trinajstić information content (AvgIpc) is 2.37. The Morgan fingerprint density at radius 2 is 2.06 bits per heavy atom. The van der Waals surface area contributed by atoms with Crippen LogP contribution < -0.4 is 15.0 Å². The third-order valence-electron chi connectivity index (χ3n) is 2.46. The molecule has 0 aliphatic heterocycles.